The summed E-state index contributed by atoms with van der Waals surface area (Å²) in [4.78, 5) is 20.8. The van der Waals surface area contributed by atoms with Crippen LogP contribution in [0, 0.1) is 0 Å². The Morgan fingerprint density at radius 3 is 2.28 bits per heavy atom. The van der Waals surface area contributed by atoms with Crippen molar-refractivity contribution in [2.75, 3.05) is 10.6 Å². The Labute approximate surface area is 168 Å². The quantitative estimate of drug-likeness (QED) is 0.475. The van der Waals surface area contributed by atoms with Crippen LogP contribution in [0.1, 0.15) is 10.5 Å². The first-order valence-corrected chi connectivity index (χ1v) is 9.05. The third kappa shape index (κ3) is 4.75. The van der Waals surface area contributed by atoms with Crippen molar-refractivity contribution in [1.82, 2.24) is 9.97 Å². The predicted octanol–water partition coefficient (Wildman–Crippen LogP) is 5.26. The van der Waals surface area contributed by atoms with Crippen molar-refractivity contribution in [2.45, 2.75) is 0 Å². The number of para-hydroxylation sites is 4. The maximum atomic E-state index is 12.5. The minimum atomic E-state index is -0.310. The molecule has 6 nitrogen and oxygen atoms in total. The van der Waals surface area contributed by atoms with Gasteiger partial charge in [0.1, 0.15) is 23.6 Å². The fraction of sp³-hybridized carbons (Fsp3) is 0. The number of hydrogen-bond acceptors (Lipinski definition) is 5. The maximum absolute atomic E-state index is 12.5. The average molecular weight is 382 g/mol. The van der Waals surface area contributed by atoms with E-state index in [1.54, 1.807) is 6.07 Å². The Morgan fingerprint density at radius 1 is 0.793 bits per heavy atom. The number of nitrogens with one attached hydrogen (secondary N) is 2. The summed E-state index contributed by atoms with van der Waals surface area (Å²) in [5.74, 6) is 1.55. The van der Waals surface area contributed by atoms with Gasteiger partial charge < -0.3 is 15.4 Å². The van der Waals surface area contributed by atoms with Gasteiger partial charge in [0.2, 0.25) is 0 Å². The van der Waals surface area contributed by atoms with E-state index in [2.05, 4.69) is 20.6 Å². The van der Waals surface area contributed by atoms with Crippen molar-refractivity contribution in [2.24, 2.45) is 0 Å². The molecule has 0 saturated heterocycles. The van der Waals surface area contributed by atoms with Crippen LogP contribution in [0.4, 0.5) is 17.2 Å². The molecule has 0 aliphatic rings. The van der Waals surface area contributed by atoms with Crippen molar-refractivity contribution in [3.8, 4) is 11.5 Å². The fourth-order valence-electron chi connectivity index (χ4n) is 2.68. The molecule has 3 aromatic carbocycles. The number of carbonyl (C=O) groups is 1. The molecule has 0 atom stereocenters. The van der Waals surface area contributed by atoms with Crippen molar-refractivity contribution >= 4 is 23.1 Å². The summed E-state index contributed by atoms with van der Waals surface area (Å²) < 4.78 is 5.95. The number of amides is 1. The maximum Gasteiger partial charge on any atom is 0.274 e. The number of ether oxygens (including phenoxy) is 1. The standard InChI is InChI=1S/C23H18N4O2/c28-23(26-17-9-3-1-4-10-17)20-15-22(25-16-24-20)27-19-13-7-8-14-21(19)29-18-11-5-2-6-12-18/h1-16H,(H,26,28)(H,24,25,27). The molecule has 1 amide bonds. The SMILES string of the molecule is O=C(Nc1ccccc1)c1cc(Nc2ccccc2Oc2ccccc2)ncn1. The van der Waals surface area contributed by atoms with E-state index < -0.39 is 0 Å². The van der Waals surface area contributed by atoms with E-state index in [-0.39, 0.29) is 11.6 Å². The van der Waals surface area contributed by atoms with Crippen molar-refractivity contribution in [3.05, 3.63) is 103 Å². The van der Waals surface area contributed by atoms with Gasteiger partial charge in [-0.15, -0.1) is 0 Å². The second-order valence-corrected chi connectivity index (χ2v) is 6.14. The second-order valence-electron chi connectivity index (χ2n) is 6.14. The first-order chi connectivity index (χ1) is 14.3. The Hall–Kier alpha value is -4.19. The Kier molecular flexibility index (Phi) is 5.43. The van der Waals surface area contributed by atoms with Gasteiger partial charge in [0.25, 0.3) is 5.91 Å². The third-order valence-corrected chi connectivity index (χ3v) is 4.05. The molecule has 142 valence electrons. The molecule has 0 saturated carbocycles. The summed E-state index contributed by atoms with van der Waals surface area (Å²) in [5.41, 5.74) is 1.68. The average Bonchev–Trinajstić information content (AvgIpc) is 2.77. The van der Waals surface area contributed by atoms with E-state index in [4.69, 9.17) is 4.74 Å². The molecule has 2 N–H and O–H groups in total. The minimum Gasteiger partial charge on any atom is -0.455 e. The molecule has 6 heteroatoms. The summed E-state index contributed by atoms with van der Waals surface area (Å²) in [6, 6.07) is 27.9. The molecular formula is C23H18N4O2. The van der Waals surface area contributed by atoms with E-state index >= 15 is 0 Å². The number of anilines is 3. The van der Waals surface area contributed by atoms with Gasteiger partial charge in [-0.3, -0.25) is 4.79 Å². The summed E-state index contributed by atoms with van der Waals surface area (Å²) in [7, 11) is 0. The molecule has 1 heterocycles. The lowest BCUT2D eigenvalue weighted by molar-refractivity contribution is 0.102. The number of rotatable bonds is 6. The van der Waals surface area contributed by atoms with Crippen LogP contribution < -0.4 is 15.4 Å². The second kappa shape index (κ2) is 8.67. The Bertz CT molecular complexity index is 1100. The highest BCUT2D eigenvalue weighted by atomic mass is 16.5. The zero-order valence-electron chi connectivity index (χ0n) is 15.4. The monoisotopic (exact) mass is 382 g/mol. The lowest BCUT2D eigenvalue weighted by Crippen LogP contribution is -2.14. The van der Waals surface area contributed by atoms with Crippen LogP contribution in [0.2, 0.25) is 0 Å². The van der Waals surface area contributed by atoms with Crippen molar-refractivity contribution < 1.29 is 9.53 Å². The van der Waals surface area contributed by atoms with Crippen LogP contribution >= 0.6 is 0 Å². The smallest absolute Gasteiger partial charge is 0.274 e. The van der Waals surface area contributed by atoms with E-state index in [0.717, 1.165) is 11.4 Å². The first-order valence-electron chi connectivity index (χ1n) is 9.05. The van der Waals surface area contributed by atoms with Gasteiger partial charge in [0, 0.05) is 11.8 Å². The molecule has 1 aromatic heterocycles. The lowest BCUT2D eigenvalue weighted by Gasteiger charge is -2.13. The summed E-state index contributed by atoms with van der Waals surface area (Å²) >= 11 is 0. The minimum absolute atomic E-state index is 0.257. The van der Waals surface area contributed by atoms with Gasteiger partial charge in [-0.2, -0.15) is 0 Å². The predicted molar refractivity (Wildman–Crippen MR) is 113 cm³/mol. The molecule has 0 bridgehead atoms. The van der Waals surface area contributed by atoms with Crippen LogP contribution in [0.15, 0.2) is 97.3 Å². The highest BCUT2D eigenvalue weighted by molar-refractivity contribution is 6.03. The van der Waals surface area contributed by atoms with Crippen molar-refractivity contribution in [3.63, 3.8) is 0 Å². The number of carbonyl (C=O) groups excluding carboxylic acids is 1. The highest BCUT2D eigenvalue weighted by Crippen LogP contribution is 2.31. The molecule has 0 spiro atoms. The Balaban J connectivity index is 1.52. The van der Waals surface area contributed by atoms with E-state index in [1.165, 1.54) is 6.33 Å². The lowest BCUT2D eigenvalue weighted by atomic mass is 10.2. The van der Waals surface area contributed by atoms with E-state index in [0.29, 0.717) is 17.3 Å². The van der Waals surface area contributed by atoms with Crippen molar-refractivity contribution in [1.29, 1.82) is 0 Å². The molecule has 0 unspecified atom stereocenters. The summed E-state index contributed by atoms with van der Waals surface area (Å²) in [6.07, 6.45) is 1.35. The fourth-order valence-corrected chi connectivity index (χ4v) is 2.68. The highest BCUT2D eigenvalue weighted by Gasteiger charge is 2.11. The summed E-state index contributed by atoms with van der Waals surface area (Å²) in [5, 5.41) is 6.01. The van der Waals surface area contributed by atoms with Gasteiger partial charge in [-0.05, 0) is 36.4 Å². The largest absolute Gasteiger partial charge is 0.455 e. The molecule has 0 aliphatic heterocycles. The van der Waals surface area contributed by atoms with Gasteiger partial charge in [-0.1, -0.05) is 48.5 Å². The number of benzene rings is 3. The Morgan fingerprint density at radius 2 is 1.48 bits per heavy atom. The zero-order valence-corrected chi connectivity index (χ0v) is 15.4. The van der Waals surface area contributed by atoms with Crippen LogP contribution in [0.25, 0.3) is 0 Å². The van der Waals surface area contributed by atoms with Gasteiger partial charge in [0.05, 0.1) is 5.69 Å². The van der Waals surface area contributed by atoms with Crippen LogP contribution in [0.5, 0.6) is 11.5 Å². The van der Waals surface area contributed by atoms with Crippen LogP contribution in [0.3, 0.4) is 0 Å². The topological polar surface area (TPSA) is 76.1 Å². The summed E-state index contributed by atoms with van der Waals surface area (Å²) in [6.45, 7) is 0. The first kappa shape index (κ1) is 18.2. The molecule has 0 fully saturated rings. The van der Waals surface area contributed by atoms with Crippen LogP contribution in [-0.4, -0.2) is 15.9 Å². The third-order valence-electron chi connectivity index (χ3n) is 4.05. The molecule has 0 radical (unpaired) electrons. The molecule has 29 heavy (non-hydrogen) atoms. The normalized spacial score (nSPS) is 10.2. The zero-order chi connectivity index (χ0) is 19.9. The van der Waals surface area contributed by atoms with Crippen LogP contribution in [-0.2, 0) is 0 Å². The van der Waals surface area contributed by atoms with Gasteiger partial charge in [-0.25, -0.2) is 9.97 Å². The number of aromatic nitrogens is 2. The van der Waals surface area contributed by atoms with E-state index in [9.17, 15) is 4.79 Å². The van der Waals surface area contributed by atoms with Gasteiger partial charge >= 0.3 is 0 Å². The molecule has 4 aromatic rings. The number of hydrogen-bond donors (Lipinski definition) is 2. The van der Waals surface area contributed by atoms with Gasteiger partial charge in [0.15, 0.2) is 5.75 Å². The number of nitrogens with zero attached hydrogens (tertiary/aromatic N) is 2. The molecular weight excluding hydrogens is 364 g/mol. The molecule has 0 aliphatic carbocycles. The molecule has 4 rings (SSSR count). The van der Waals surface area contributed by atoms with E-state index in [1.807, 2.05) is 84.9 Å².